The molecule has 0 spiro atoms. The molecule has 0 saturated carbocycles. The lowest BCUT2D eigenvalue weighted by molar-refractivity contribution is 0.0979. The predicted molar refractivity (Wildman–Crippen MR) is 76.1 cm³/mol. The van der Waals surface area contributed by atoms with Gasteiger partial charge in [0, 0.05) is 27.1 Å². The molecule has 2 aromatic rings. The molecule has 0 aliphatic heterocycles. The van der Waals surface area contributed by atoms with E-state index in [4.69, 9.17) is 0 Å². The molecule has 0 aromatic heterocycles. The zero-order chi connectivity index (χ0) is 13.4. The summed E-state index contributed by atoms with van der Waals surface area (Å²) < 4.78 is 0. The van der Waals surface area contributed by atoms with E-state index < -0.39 is 0 Å². The minimum atomic E-state index is -0.0572. The van der Waals surface area contributed by atoms with Gasteiger partial charge < -0.3 is 0 Å². The van der Waals surface area contributed by atoms with E-state index in [0.717, 1.165) is 10.6 Å². The van der Waals surface area contributed by atoms with Gasteiger partial charge in [0.2, 0.25) is 0 Å². The predicted octanol–water partition coefficient (Wildman–Crippen LogP) is 3.57. The number of hydrogen-bond donors (Lipinski definition) is 0. The molecular formula is C16H12O2S. The number of ketones is 2. The number of benzene rings is 2. The first kappa shape index (κ1) is 12.2. The SMILES string of the molecule is CCSc1ccc2c(c1)C(=O)c1ccccc1C2=O. The van der Waals surface area contributed by atoms with Crippen LogP contribution in [-0.4, -0.2) is 17.3 Å². The van der Waals surface area contributed by atoms with E-state index in [0.29, 0.717) is 22.3 Å². The fourth-order valence-corrected chi connectivity index (χ4v) is 3.03. The summed E-state index contributed by atoms with van der Waals surface area (Å²) in [4.78, 5) is 25.8. The smallest absolute Gasteiger partial charge is 0.194 e. The third-order valence-corrected chi connectivity index (χ3v) is 4.08. The molecule has 3 rings (SSSR count). The van der Waals surface area contributed by atoms with Crippen LogP contribution in [0.25, 0.3) is 0 Å². The summed E-state index contributed by atoms with van der Waals surface area (Å²) in [5.74, 6) is 0.833. The molecule has 0 saturated heterocycles. The van der Waals surface area contributed by atoms with E-state index >= 15 is 0 Å². The van der Waals surface area contributed by atoms with Crippen LogP contribution in [0.1, 0.15) is 38.8 Å². The van der Waals surface area contributed by atoms with Crippen LogP contribution in [0.2, 0.25) is 0 Å². The van der Waals surface area contributed by atoms with Gasteiger partial charge in [0.25, 0.3) is 0 Å². The molecular weight excluding hydrogens is 256 g/mol. The first-order chi connectivity index (χ1) is 9.22. The molecule has 0 heterocycles. The number of thioether (sulfide) groups is 1. The molecule has 1 aliphatic rings. The Balaban J connectivity index is 2.18. The number of carbonyl (C=O) groups excluding carboxylic acids is 2. The summed E-state index contributed by atoms with van der Waals surface area (Å²) in [5.41, 5.74) is 2.07. The van der Waals surface area contributed by atoms with Crippen molar-refractivity contribution >= 4 is 23.3 Å². The van der Waals surface area contributed by atoms with Gasteiger partial charge in [-0.2, -0.15) is 0 Å². The molecule has 3 heteroatoms. The molecule has 1 aliphatic carbocycles. The zero-order valence-electron chi connectivity index (χ0n) is 10.5. The van der Waals surface area contributed by atoms with Gasteiger partial charge >= 0.3 is 0 Å². The van der Waals surface area contributed by atoms with Crippen molar-refractivity contribution in [2.75, 3.05) is 5.75 Å². The molecule has 94 valence electrons. The fourth-order valence-electron chi connectivity index (χ4n) is 2.33. The third-order valence-electron chi connectivity index (χ3n) is 3.21. The Kier molecular flexibility index (Phi) is 2.99. The van der Waals surface area contributed by atoms with Crippen LogP contribution >= 0.6 is 11.8 Å². The second-order valence-electron chi connectivity index (χ2n) is 4.34. The van der Waals surface area contributed by atoms with Gasteiger partial charge in [-0.25, -0.2) is 0 Å². The normalized spacial score (nSPS) is 13.1. The molecule has 0 unspecified atom stereocenters. The minimum Gasteiger partial charge on any atom is -0.289 e. The average molecular weight is 268 g/mol. The summed E-state index contributed by atoms with van der Waals surface area (Å²) >= 11 is 1.67. The van der Waals surface area contributed by atoms with Crippen LogP contribution in [0.3, 0.4) is 0 Å². The molecule has 0 radical (unpaired) electrons. The van der Waals surface area contributed by atoms with Gasteiger partial charge in [-0.1, -0.05) is 31.2 Å². The maximum atomic E-state index is 12.4. The Labute approximate surface area is 115 Å². The van der Waals surface area contributed by atoms with Crippen LogP contribution in [-0.2, 0) is 0 Å². The second-order valence-corrected chi connectivity index (χ2v) is 5.68. The lowest BCUT2D eigenvalue weighted by atomic mass is 9.84. The second kappa shape index (κ2) is 4.67. The van der Waals surface area contributed by atoms with E-state index in [2.05, 4.69) is 6.92 Å². The van der Waals surface area contributed by atoms with Crippen molar-refractivity contribution in [3.05, 3.63) is 64.7 Å². The monoisotopic (exact) mass is 268 g/mol. The van der Waals surface area contributed by atoms with E-state index in [9.17, 15) is 9.59 Å². The molecule has 2 nitrogen and oxygen atoms in total. The quantitative estimate of drug-likeness (QED) is 0.666. The van der Waals surface area contributed by atoms with Gasteiger partial charge in [-0.3, -0.25) is 9.59 Å². The highest BCUT2D eigenvalue weighted by Gasteiger charge is 2.29. The first-order valence-electron chi connectivity index (χ1n) is 6.17. The highest BCUT2D eigenvalue weighted by molar-refractivity contribution is 7.99. The minimum absolute atomic E-state index is 0.0521. The summed E-state index contributed by atoms with van der Waals surface area (Å²) in [6.07, 6.45) is 0. The van der Waals surface area contributed by atoms with Gasteiger partial charge in [-0.05, 0) is 24.0 Å². The zero-order valence-corrected chi connectivity index (χ0v) is 11.3. The molecule has 19 heavy (non-hydrogen) atoms. The average Bonchev–Trinajstić information content (AvgIpc) is 2.45. The Bertz CT molecular complexity index is 689. The van der Waals surface area contributed by atoms with Crippen LogP contribution in [0, 0.1) is 0 Å². The van der Waals surface area contributed by atoms with Gasteiger partial charge in [-0.15, -0.1) is 11.8 Å². The number of fused-ring (bicyclic) bond motifs is 2. The van der Waals surface area contributed by atoms with Crippen molar-refractivity contribution < 1.29 is 9.59 Å². The Hall–Kier alpha value is -1.87. The topological polar surface area (TPSA) is 34.1 Å². The summed E-state index contributed by atoms with van der Waals surface area (Å²) in [5, 5.41) is 0. The van der Waals surface area contributed by atoms with Crippen molar-refractivity contribution in [2.24, 2.45) is 0 Å². The third kappa shape index (κ3) is 1.90. The number of rotatable bonds is 2. The van der Waals surface area contributed by atoms with Crippen molar-refractivity contribution in [3.8, 4) is 0 Å². The molecule has 0 N–H and O–H groups in total. The summed E-state index contributed by atoms with van der Waals surface area (Å²) in [6, 6.07) is 12.5. The van der Waals surface area contributed by atoms with Crippen molar-refractivity contribution in [2.45, 2.75) is 11.8 Å². The van der Waals surface area contributed by atoms with E-state index in [-0.39, 0.29) is 11.6 Å². The highest BCUT2D eigenvalue weighted by Crippen LogP contribution is 2.30. The van der Waals surface area contributed by atoms with Crippen molar-refractivity contribution in [3.63, 3.8) is 0 Å². The van der Waals surface area contributed by atoms with Gasteiger partial charge in [0.05, 0.1) is 0 Å². The molecule has 2 aromatic carbocycles. The number of carbonyl (C=O) groups is 2. The largest absolute Gasteiger partial charge is 0.289 e. The van der Waals surface area contributed by atoms with Crippen LogP contribution in [0.5, 0.6) is 0 Å². The van der Waals surface area contributed by atoms with Crippen LogP contribution in [0.15, 0.2) is 47.4 Å². The van der Waals surface area contributed by atoms with Crippen LogP contribution < -0.4 is 0 Å². The van der Waals surface area contributed by atoms with Gasteiger partial charge in [0.15, 0.2) is 11.6 Å². The maximum Gasteiger partial charge on any atom is 0.194 e. The summed E-state index contributed by atoms with van der Waals surface area (Å²) in [7, 11) is 0. The Morgan fingerprint density at radius 3 is 2.05 bits per heavy atom. The van der Waals surface area contributed by atoms with Crippen molar-refractivity contribution in [1.29, 1.82) is 0 Å². The molecule has 0 amide bonds. The van der Waals surface area contributed by atoms with Gasteiger partial charge in [0.1, 0.15) is 0 Å². The standard InChI is InChI=1S/C16H12O2S/c1-2-19-10-7-8-13-14(9-10)16(18)12-6-4-3-5-11(12)15(13)17/h3-9H,2H2,1H3. The van der Waals surface area contributed by atoms with Crippen molar-refractivity contribution in [1.82, 2.24) is 0 Å². The maximum absolute atomic E-state index is 12.4. The van der Waals surface area contributed by atoms with E-state index in [1.807, 2.05) is 12.1 Å². The van der Waals surface area contributed by atoms with E-state index in [1.54, 1.807) is 42.1 Å². The molecule has 0 fully saturated rings. The molecule has 0 atom stereocenters. The lowest BCUT2D eigenvalue weighted by Crippen LogP contribution is -2.20. The number of hydrogen-bond acceptors (Lipinski definition) is 3. The summed E-state index contributed by atoms with van der Waals surface area (Å²) in [6.45, 7) is 2.06. The highest BCUT2D eigenvalue weighted by atomic mass is 32.2. The Morgan fingerprint density at radius 1 is 0.842 bits per heavy atom. The fraction of sp³-hybridized carbons (Fsp3) is 0.125. The van der Waals surface area contributed by atoms with Crippen LogP contribution in [0.4, 0.5) is 0 Å². The Morgan fingerprint density at radius 2 is 1.42 bits per heavy atom. The first-order valence-corrected chi connectivity index (χ1v) is 7.16. The van der Waals surface area contributed by atoms with E-state index in [1.165, 1.54) is 0 Å². The lowest BCUT2D eigenvalue weighted by Gasteiger charge is -2.17. The molecule has 0 bridgehead atoms.